The summed E-state index contributed by atoms with van der Waals surface area (Å²) in [6.07, 6.45) is 3.58. The van der Waals surface area contributed by atoms with Crippen molar-refractivity contribution in [1.82, 2.24) is 24.1 Å². The molecule has 11 nitrogen and oxygen atoms in total. The average Bonchev–Trinajstić information content (AvgIpc) is 3.55. The highest BCUT2D eigenvalue weighted by molar-refractivity contribution is 5.92. The summed E-state index contributed by atoms with van der Waals surface area (Å²) in [5.41, 5.74) is 3.70. The van der Waals surface area contributed by atoms with E-state index in [-0.39, 0.29) is 29.6 Å². The summed E-state index contributed by atoms with van der Waals surface area (Å²) in [7, 11) is 3.97. The topological polar surface area (TPSA) is 122 Å². The normalized spacial score (nSPS) is 14.0. The van der Waals surface area contributed by atoms with E-state index in [1.165, 1.54) is 12.1 Å². The minimum Gasteiger partial charge on any atom is -0.484 e. The number of fused-ring (bicyclic) bond motifs is 1. The number of hydrogen-bond acceptors (Lipinski definition) is 7. The maximum Gasteiger partial charge on any atom is 0.335 e. The van der Waals surface area contributed by atoms with Crippen molar-refractivity contribution in [2.45, 2.75) is 38.6 Å². The smallest absolute Gasteiger partial charge is 0.335 e. The number of piperidine rings is 1. The van der Waals surface area contributed by atoms with Crippen molar-refractivity contribution in [2.75, 3.05) is 13.1 Å². The number of imidazole rings is 1. The highest BCUT2D eigenvalue weighted by atomic mass is 19.1. The molecule has 0 saturated carbocycles. The predicted molar refractivity (Wildman–Crippen MR) is 161 cm³/mol. The molecule has 12 heteroatoms. The van der Waals surface area contributed by atoms with Gasteiger partial charge in [-0.1, -0.05) is 6.07 Å². The molecule has 1 aliphatic heterocycles. The Morgan fingerprint density at radius 3 is 2.64 bits per heavy atom. The molecule has 0 spiro atoms. The lowest BCUT2D eigenvalue weighted by molar-refractivity contribution is -0.751. The van der Waals surface area contributed by atoms with E-state index in [4.69, 9.17) is 19.7 Å². The van der Waals surface area contributed by atoms with E-state index in [2.05, 4.69) is 25.2 Å². The molecule has 0 bridgehead atoms. The summed E-state index contributed by atoms with van der Waals surface area (Å²) >= 11 is 0. The van der Waals surface area contributed by atoms with Crippen molar-refractivity contribution in [3.63, 3.8) is 0 Å². The van der Waals surface area contributed by atoms with Crippen molar-refractivity contribution in [3.8, 4) is 17.7 Å². The average molecular weight is 611 g/mol. The van der Waals surface area contributed by atoms with Gasteiger partial charge in [0.25, 0.3) is 0 Å². The number of hydrogen-bond donors (Lipinski definition) is 1. The van der Waals surface area contributed by atoms with Crippen LogP contribution in [0.1, 0.15) is 46.0 Å². The van der Waals surface area contributed by atoms with Crippen LogP contribution in [0.5, 0.6) is 11.6 Å². The molecule has 1 fully saturated rings. The third-order valence-electron chi connectivity index (χ3n) is 8.17. The quantitative estimate of drug-likeness (QED) is 0.236. The van der Waals surface area contributed by atoms with E-state index in [1.54, 1.807) is 30.3 Å². The molecular weight excluding hydrogens is 577 g/mol. The van der Waals surface area contributed by atoms with Crippen LogP contribution in [0, 0.1) is 17.1 Å². The van der Waals surface area contributed by atoms with E-state index in [0.717, 1.165) is 54.5 Å². The number of carbonyl (C=O) groups is 1. The molecule has 1 N–H and O–H groups in total. The number of aryl methyl sites for hydroxylation is 1. The molecule has 0 unspecified atom stereocenters. The number of carboxylic acid groups (broad SMARTS) is 1. The van der Waals surface area contributed by atoms with Gasteiger partial charge in [-0.05, 0) is 55.3 Å². The van der Waals surface area contributed by atoms with Crippen molar-refractivity contribution in [1.29, 1.82) is 5.26 Å². The van der Waals surface area contributed by atoms with Crippen LogP contribution >= 0.6 is 0 Å². The summed E-state index contributed by atoms with van der Waals surface area (Å²) in [6, 6.07) is 18.5. The lowest BCUT2D eigenvalue weighted by Crippen LogP contribution is -2.38. The Morgan fingerprint density at radius 2 is 1.93 bits per heavy atom. The van der Waals surface area contributed by atoms with Gasteiger partial charge in [-0.25, -0.2) is 19.2 Å². The Bertz CT molecular complexity index is 1900. The minimum atomic E-state index is -0.966. The first kappa shape index (κ1) is 29.8. The first-order valence-electron chi connectivity index (χ1n) is 14.7. The van der Waals surface area contributed by atoms with E-state index in [9.17, 15) is 14.3 Å². The molecule has 0 aliphatic carbocycles. The molecule has 4 heterocycles. The SMILES string of the molecule is Cn1c(Cn2c(CN3CCC(Oc4cccc(COc5ccc(C#N)cc5F)n4)CC3)nc3ccc(C(=O)O)cc32)cc[n+]1C. The van der Waals surface area contributed by atoms with Crippen LogP contribution in [0.2, 0.25) is 0 Å². The standard InChI is InChI=1S/C33H32FN7O4/c1-38-13-10-25(39(38)2)19-41-29-17-23(33(42)43)7-8-28(29)37-31(41)20-40-14-11-26(12-15-40)45-32-5-3-4-24(36-32)21-44-30-9-6-22(18-35)16-27(30)34/h3-10,13,16-17,26H,11-12,14-15,19-21H2,1-2H3/p+1. The Morgan fingerprint density at radius 1 is 1.11 bits per heavy atom. The lowest BCUT2D eigenvalue weighted by atomic mass is 10.1. The van der Waals surface area contributed by atoms with Crippen molar-refractivity contribution >= 4 is 17.0 Å². The summed E-state index contributed by atoms with van der Waals surface area (Å²) in [6.45, 7) is 2.85. The van der Waals surface area contributed by atoms with Gasteiger partial charge in [0, 0.05) is 25.2 Å². The molecule has 2 aromatic carbocycles. The largest absolute Gasteiger partial charge is 0.484 e. The number of aromatic carboxylic acids is 1. The maximum atomic E-state index is 14.2. The van der Waals surface area contributed by atoms with Gasteiger partial charge < -0.3 is 19.1 Å². The van der Waals surface area contributed by atoms with Crippen LogP contribution < -0.4 is 14.2 Å². The summed E-state index contributed by atoms with van der Waals surface area (Å²) < 4.78 is 32.1. The number of benzene rings is 2. The predicted octanol–water partition coefficient (Wildman–Crippen LogP) is 3.97. The summed E-state index contributed by atoms with van der Waals surface area (Å²) in [5, 5.41) is 18.5. The monoisotopic (exact) mass is 610 g/mol. The Hall–Kier alpha value is -5.28. The van der Waals surface area contributed by atoms with Gasteiger partial charge in [0.05, 0.1) is 54.1 Å². The Labute approximate surface area is 259 Å². The maximum absolute atomic E-state index is 14.2. The van der Waals surface area contributed by atoms with Gasteiger partial charge in [-0.2, -0.15) is 9.94 Å². The number of rotatable bonds is 10. The summed E-state index contributed by atoms with van der Waals surface area (Å²) in [4.78, 5) is 23.5. The summed E-state index contributed by atoms with van der Waals surface area (Å²) in [5.74, 6) is -0.136. The molecule has 1 saturated heterocycles. The molecule has 0 amide bonds. The van der Waals surface area contributed by atoms with Gasteiger partial charge in [-0.3, -0.25) is 4.90 Å². The van der Waals surface area contributed by atoms with Gasteiger partial charge in [-0.15, -0.1) is 4.68 Å². The van der Waals surface area contributed by atoms with Gasteiger partial charge in [0.2, 0.25) is 5.88 Å². The van der Waals surface area contributed by atoms with Crippen LogP contribution in [0.4, 0.5) is 4.39 Å². The van der Waals surface area contributed by atoms with E-state index in [1.807, 2.05) is 37.1 Å². The van der Waals surface area contributed by atoms with Crippen LogP contribution in [-0.4, -0.2) is 54.4 Å². The number of nitrogens with zero attached hydrogens (tertiary/aromatic N) is 7. The van der Waals surface area contributed by atoms with Gasteiger partial charge in [0.15, 0.2) is 24.8 Å². The number of carboxylic acids is 1. The van der Waals surface area contributed by atoms with Gasteiger partial charge in [0.1, 0.15) is 24.2 Å². The first-order chi connectivity index (χ1) is 21.8. The van der Waals surface area contributed by atoms with E-state index in [0.29, 0.717) is 24.7 Å². The first-order valence-corrected chi connectivity index (χ1v) is 14.7. The zero-order chi connectivity index (χ0) is 31.5. The fourth-order valence-corrected chi connectivity index (χ4v) is 5.52. The highest BCUT2D eigenvalue weighted by Crippen LogP contribution is 2.24. The molecular formula is C33H33FN7O4+. The molecule has 45 heavy (non-hydrogen) atoms. The zero-order valence-electron chi connectivity index (χ0n) is 25.1. The van der Waals surface area contributed by atoms with Crippen molar-refractivity contribution < 1.29 is 28.4 Å². The zero-order valence-corrected chi connectivity index (χ0v) is 25.1. The molecule has 0 radical (unpaired) electrons. The third-order valence-corrected chi connectivity index (χ3v) is 8.17. The number of pyridine rings is 1. The van der Waals surface area contributed by atoms with Crippen LogP contribution in [-0.2, 0) is 33.8 Å². The van der Waals surface area contributed by atoms with Crippen LogP contribution in [0.15, 0.2) is 66.9 Å². The third kappa shape index (κ3) is 6.63. The number of halogens is 1. The van der Waals surface area contributed by atoms with E-state index >= 15 is 0 Å². The number of ether oxygens (including phenoxy) is 2. The van der Waals surface area contributed by atoms with Crippen LogP contribution in [0.3, 0.4) is 0 Å². The number of aromatic nitrogens is 5. The fourth-order valence-electron chi connectivity index (χ4n) is 5.52. The second-order valence-electron chi connectivity index (χ2n) is 11.1. The second-order valence-corrected chi connectivity index (χ2v) is 11.1. The fraction of sp³-hybridized carbons (Fsp3) is 0.303. The minimum absolute atomic E-state index is 0.0128. The van der Waals surface area contributed by atoms with Crippen molar-refractivity contribution in [3.05, 3.63) is 101 Å². The molecule has 230 valence electrons. The molecule has 6 rings (SSSR count). The second kappa shape index (κ2) is 12.8. The lowest BCUT2D eigenvalue weighted by Gasteiger charge is -2.31. The van der Waals surface area contributed by atoms with Gasteiger partial charge >= 0.3 is 5.97 Å². The number of likely N-dealkylation sites (tertiary alicyclic amines) is 1. The molecule has 0 atom stereocenters. The molecule has 1 aliphatic rings. The van der Waals surface area contributed by atoms with E-state index < -0.39 is 11.8 Å². The Balaban J connectivity index is 1.10. The van der Waals surface area contributed by atoms with Crippen molar-refractivity contribution in [2.24, 2.45) is 14.1 Å². The highest BCUT2D eigenvalue weighted by Gasteiger charge is 2.24. The number of nitriles is 1. The molecule has 5 aromatic rings. The molecule has 3 aromatic heterocycles. The Kier molecular flexibility index (Phi) is 8.44. The van der Waals surface area contributed by atoms with Crippen LogP contribution in [0.25, 0.3) is 11.0 Å².